The zero-order chi connectivity index (χ0) is 9.73. The monoisotopic (exact) mass is 182 g/mol. The van der Waals surface area contributed by atoms with Crippen LogP contribution in [-0.4, -0.2) is 5.11 Å². The van der Waals surface area contributed by atoms with Gasteiger partial charge in [-0.25, -0.2) is 0 Å². The Bertz CT molecular complexity index is 176. The third-order valence-corrected chi connectivity index (χ3v) is 3.20. The Kier molecular flexibility index (Phi) is 3.83. The van der Waals surface area contributed by atoms with E-state index in [2.05, 4.69) is 13.8 Å². The molecule has 0 spiro atoms. The van der Waals surface area contributed by atoms with E-state index in [0.29, 0.717) is 5.76 Å². The molecule has 0 aromatic carbocycles. The van der Waals surface area contributed by atoms with Crippen LogP contribution in [-0.2, 0) is 0 Å². The quantitative estimate of drug-likeness (QED) is 0.648. The van der Waals surface area contributed by atoms with Gasteiger partial charge in [0.1, 0.15) is 0 Å². The smallest absolute Gasteiger partial charge is 0.0941 e. The highest BCUT2D eigenvalue weighted by Crippen LogP contribution is 2.40. The molecule has 0 unspecified atom stereocenters. The summed E-state index contributed by atoms with van der Waals surface area (Å²) < 4.78 is 0. The topological polar surface area (TPSA) is 20.2 Å². The second-order valence-corrected chi connectivity index (χ2v) is 4.50. The zero-order valence-corrected chi connectivity index (χ0v) is 8.97. The first-order valence-corrected chi connectivity index (χ1v) is 5.58. The van der Waals surface area contributed by atoms with Crippen molar-refractivity contribution in [2.75, 3.05) is 0 Å². The van der Waals surface area contributed by atoms with E-state index in [1.165, 1.54) is 32.1 Å². The number of hydrogen-bond donors (Lipinski definition) is 1. The molecule has 0 amide bonds. The number of rotatable bonds is 3. The van der Waals surface area contributed by atoms with E-state index in [4.69, 9.17) is 0 Å². The van der Waals surface area contributed by atoms with Gasteiger partial charge in [-0.2, -0.15) is 0 Å². The predicted octanol–water partition coefficient (Wildman–Crippen LogP) is 4.20. The van der Waals surface area contributed by atoms with Crippen LogP contribution in [0.4, 0.5) is 0 Å². The second kappa shape index (κ2) is 4.69. The molecule has 1 N–H and O–H groups in total. The fourth-order valence-corrected chi connectivity index (χ4v) is 2.12. The minimum Gasteiger partial charge on any atom is -0.512 e. The number of hydrogen-bond acceptors (Lipinski definition) is 1. The van der Waals surface area contributed by atoms with Crippen molar-refractivity contribution >= 4 is 0 Å². The van der Waals surface area contributed by atoms with Crippen LogP contribution in [0, 0.1) is 5.41 Å². The molecule has 0 bridgehead atoms. The first kappa shape index (κ1) is 10.6. The van der Waals surface area contributed by atoms with Gasteiger partial charge in [0.15, 0.2) is 0 Å². The average Bonchev–Trinajstić information content (AvgIpc) is 2.15. The molecule has 0 heterocycles. The fourth-order valence-electron chi connectivity index (χ4n) is 2.12. The summed E-state index contributed by atoms with van der Waals surface area (Å²) in [6.07, 6.45) is 10.4. The van der Waals surface area contributed by atoms with Gasteiger partial charge in [-0.3, -0.25) is 0 Å². The van der Waals surface area contributed by atoms with E-state index in [1.807, 2.05) is 6.08 Å². The molecule has 1 nitrogen and oxygen atoms in total. The lowest BCUT2D eigenvalue weighted by Crippen LogP contribution is -2.22. The summed E-state index contributed by atoms with van der Waals surface area (Å²) in [5.41, 5.74) is 0.105. The molecule has 0 aromatic rings. The van der Waals surface area contributed by atoms with Crippen LogP contribution in [0.15, 0.2) is 11.8 Å². The molecule has 1 aliphatic carbocycles. The largest absolute Gasteiger partial charge is 0.512 e. The van der Waals surface area contributed by atoms with Crippen molar-refractivity contribution in [3.05, 3.63) is 11.8 Å². The Morgan fingerprint density at radius 3 is 2.46 bits per heavy atom. The number of aliphatic hydroxyl groups excluding tert-OH is 1. The second-order valence-electron chi connectivity index (χ2n) is 4.50. The normalized spacial score (nSPS) is 23.1. The highest BCUT2D eigenvalue weighted by Gasteiger charge is 2.30. The summed E-state index contributed by atoms with van der Waals surface area (Å²) in [7, 11) is 0. The van der Waals surface area contributed by atoms with Crippen molar-refractivity contribution in [2.45, 2.75) is 58.8 Å². The molecular weight excluding hydrogens is 160 g/mol. The maximum atomic E-state index is 9.93. The first-order valence-electron chi connectivity index (χ1n) is 5.58. The maximum absolute atomic E-state index is 9.93. The molecule has 13 heavy (non-hydrogen) atoms. The van der Waals surface area contributed by atoms with Gasteiger partial charge >= 0.3 is 0 Å². The lowest BCUT2D eigenvalue weighted by Gasteiger charge is -2.32. The minimum absolute atomic E-state index is 0.105. The highest BCUT2D eigenvalue weighted by molar-refractivity contribution is 5.05. The lowest BCUT2D eigenvalue weighted by atomic mass is 9.74. The Hall–Kier alpha value is -0.460. The number of unbranched alkanes of at least 4 members (excludes halogenated alkanes) is 1. The zero-order valence-electron chi connectivity index (χ0n) is 8.97. The lowest BCUT2D eigenvalue weighted by molar-refractivity contribution is 0.175. The molecule has 1 saturated carbocycles. The molecule has 0 saturated heterocycles. The summed E-state index contributed by atoms with van der Waals surface area (Å²) in [6.45, 7) is 4.35. The van der Waals surface area contributed by atoms with Crippen molar-refractivity contribution in [2.24, 2.45) is 5.41 Å². The number of aliphatic hydroxyl groups is 1. The Labute approximate surface area is 81.9 Å². The summed E-state index contributed by atoms with van der Waals surface area (Å²) in [5.74, 6) is 0.647. The summed E-state index contributed by atoms with van der Waals surface area (Å²) >= 11 is 0. The molecular formula is C12H22O. The highest BCUT2D eigenvalue weighted by atomic mass is 16.3. The van der Waals surface area contributed by atoms with Crippen molar-refractivity contribution < 1.29 is 5.11 Å². The van der Waals surface area contributed by atoms with Crippen molar-refractivity contribution in [1.82, 2.24) is 0 Å². The van der Waals surface area contributed by atoms with Gasteiger partial charge in [0.05, 0.1) is 5.76 Å². The summed E-state index contributed by atoms with van der Waals surface area (Å²) in [5, 5.41) is 9.93. The van der Waals surface area contributed by atoms with Crippen LogP contribution in [0.5, 0.6) is 0 Å². The standard InChI is InChI=1S/C12H22O/c1-3-4-8-11(13)12(2)9-6-5-7-10-12/h8,13H,3-7,9-10H2,1-2H3. The van der Waals surface area contributed by atoms with Crippen LogP contribution in [0.2, 0.25) is 0 Å². The van der Waals surface area contributed by atoms with Gasteiger partial charge in [0, 0.05) is 5.41 Å². The van der Waals surface area contributed by atoms with Gasteiger partial charge in [-0.1, -0.05) is 39.5 Å². The molecule has 76 valence electrons. The van der Waals surface area contributed by atoms with E-state index in [1.54, 1.807) is 0 Å². The molecule has 1 fully saturated rings. The van der Waals surface area contributed by atoms with Crippen LogP contribution < -0.4 is 0 Å². The summed E-state index contributed by atoms with van der Waals surface area (Å²) in [6, 6.07) is 0. The molecule has 1 rings (SSSR count). The van der Waals surface area contributed by atoms with E-state index in [9.17, 15) is 5.11 Å². The number of allylic oxidation sites excluding steroid dienone is 2. The van der Waals surface area contributed by atoms with E-state index < -0.39 is 0 Å². The van der Waals surface area contributed by atoms with Crippen LogP contribution >= 0.6 is 0 Å². The molecule has 0 atom stereocenters. The summed E-state index contributed by atoms with van der Waals surface area (Å²) in [4.78, 5) is 0. The van der Waals surface area contributed by atoms with Crippen LogP contribution in [0.25, 0.3) is 0 Å². The van der Waals surface area contributed by atoms with Gasteiger partial charge in [-0.15, -0.1) is 0 Å². The Morgan fingerprint density at radius 2 is 1.92 bits per heavy atom. The maximum Gasteiger partial charge on any atom is 0.0941 e. The van der Waals surface area contributed by atoms with Crippen molar-refractivity contribution in [3.8, 4) is 0 Å². The van der Waals surface area contributed by atoms with Crippen LogP contribution in [0.3, 0.4) is 0 Å². The van der Waals surface area contributed by atoms with Gasteiger partial charge in [-0.05, 0) is 25.3 Å². The van der Waals surface area contributed by atoms with Crippen LogP contribution in [0.1, 0.15) is 58.8 Å². The predicted molar refractivity (Wildman–Crippen MR) is 56.8 cm³/mol. The minimum atomic E-state index is 0.105. The van der Waals surface area contributed by atoms with E-state index >= 15 is 0 Å². The molecule has 0 aliphatic heterocycles. The SMILES string of the molecule is CCCC=C(O)C1(C)CCCCC1. The molecule has 0 radical (unpaired) electrons. The Morgan fingerprint density at radius 1 is 1.31 bits per heavy atom. The third-order valence-electron chi connectivity index (χ3n) is 3.20. The Balaban J connectivity index is 2.55. The average molecular weight is 182 g/mol. The van der Waals surface area contributed by atoms with Gasteiger partial charge in [0.25, 0.3) is 0 Å². The van der Waals surface area contributed by atoms with Crippen molar-refractivity contribution in [1.29, 1.82) is 0 Å². The van der Waals surface area contributed by atoms with Gasteiger partial charge in [0.2, 0.25) is 0 Å². The van der Waals surface area contributed by atoms with E-state index in [-0.39, 0.29) is 5.41 Å². The van der Waals surface area contributed by atoms with Gasteiger partial charge < -0.3 is 5.11 Å². The fraction of sp³-hybridized carbons (Fsp3) is 0.833. The molecule has 1 aliphatic rings. The molecule has 1 heteroatoms. The van der Waals surface area contributed by atoms with E-state index in [0.717, 1.165) is 12.8 Å². The van der Waals surface area contributed by atoms with Crippen molar-refractivity contribution in [3.63, 3.8) is 0 Å². The first-order chi connectivity index (χ1) is 6.19. The molecule has 0 aromatic heterocycles. The third kappa shape index (κ3) is 2.75.